The van der Waals surface area contributed by atoms with Gasteiger partial charge in [0.25, 0.3) is 11.8 Å². The minimum Gasteiger partial charge on any atom is -0.414 e. The standard InChI is InChI=1S/C23H27N5O2S/c1-15-11-20(31-13-15)22-26-27-23(30-22)21(17(3)24-4)25-16(2)19-9-7-18(8-10-19)12-29-14-28(5)6/h7-11,13H,4,12,14H2,1-3,5-6H3/b21-17-,25-16+. The number of aryl methyl sites for hydroxylation is 1. The summed E-state index contributed by atoms with van der Waals surface area (Å²) < 4.78 is 11.5. The summed E-state index contributed by atoms with van der Waals surface area (Å²) in [4.78, 5) is 11.7. The van der Waals surface area contributed by atoms with Crippen molar-refractivity contribution in [2.75, 3.05) is 20.8 Å². The average molecular weight is 438 g/mol. The highest BCUT2D eigenvalue weighted by Gasteiger charge is 2.16. The fourth-order valence-corrected chi connectivity index (χ4v) is 3.56. The lowest BCUT2D eigenvalue weighted by Gasteiger charge is -2.10. The molecular weight excluding hydrogens is 410 g/mol. The molecule has 162 valence electrons. The Kier molecular flexibility index (Phi) is 7.62. The highest BCUT2D eigenvalue weighted by molar-refractivity contribution is 7.13. The molecule has 0 aliphatic heterocycles. The fraction of sp³-hybridized carbons (Fsp3) is 0.304. The van der Waals surface area contributed by atoms with E-state index in [4.69, 9.17) is 14.1 Å². The van der Waals surface area contributed by atoms with Crippen LogP contribution in [0.2, 0.25) is 0 Å². The summed E-state index contributed by atoms with van der Waals surface area (Å²) in [6.45, 7) is 10.6. The van der Waals surface area contributed by atoms with Crippen LogP contribution in [0.4, 0.5) is 0 Å². The van der Waals surface area contributed by atoms with E-state index < -0.39 is 0 Å². The topological polar surface area (TPSA) is 76.1 Å². The Labute approximate surface area is 186 Å². The molecule has 1 aromatic carbocycles. The van der Waals surface area contributed by atoms with Crippen LogP contribution >= 0.6 is 11.3 Å². The van der Waals surface area contributed by atoms with Gasteiger partial charge in [0.05, 0.1) is 23.9 Å². The summed E-state index contributed by atoms with van der Waals surface area (Å²) in [5.41, 5.74) is 5.18. The van der Waals surface area contributed by atoms with Crippen LogP contribution in [0, 0.1) is 6.92 Å². The third-order valence-electron chi connectivity index (χ3n) is 4.42. The SMILES string of the molecule is C=N/C(C)=C(\N=C(/C)c1ccc(COCN(C)C)cc1)c1nnc(-c2cc(C)cs2)o1. The van der Waals surface area contributed by atoms with Gasteiger partial charge >= 0.3 is 0 Å². The second kappa shape index (κ2) is 10.4. The maximum absolute atomic E-state index is 5.90. The molecule has 0 amide bonds. The first-order valence-corrected chi connectivity index (χ1v) is 10.7. The minimum absolute atomic E-state index is 0.319. The van der Waals surface area contributed by atoms with Crippen molar-refractivity contribution in [3.63, 3.8) is 0 Å². The Balaban J connectivity index is 1.82. The van der Waals surface area contributed by atoms with Gasteiger partial charge in [0, 0.05) is 5.71 Å². The summed E-state index contributed by atoms with van der Waals surface area (Å²) >= 11 is 1.56. The summed E-state index contributed by atoms with van der Waals surface area (Å²) in [5.74, 6) is 0.788. The molecule has 8 heteroatoms. The zero-order chi connectivity index (χ0) is 22.4. The van der Waals surface area contributed by atoms with Gasteiger partial charge in [-0.15, -0.1) is 21.5 Å². The van der Waals surface area contributed by atoms with Gasteiger partial charge in [-0.1, -0.05) is 24.3 Å². The van der Waals surface area contributed by atoms with Crippen LogP contribution in [-0.4, -0.2) is 48.4 Å². The number of thiophene rings is 1. The van der Waals surface area contributed by atoms with Crippen molar-refractivity contribution in [2.45, 2.75) is 27.4 Å². The third-order valence-corrected chi connectivity index (χ3v) is 5.45. The van der Waals surface area contributed by atoms with E-state index in [2.05, 4.69) is 21.9 Å². The molecule has 0 spiro atoms. The lowest BCUT2D eigenvalue weighted by atomic mass is 10.1. The van der Waals surface area contributed by atoms with Gasteiger partial charge in [-0.2, -0.15) is 0 Å². The van der Waals surface area contributed by atoms with Gasteiger partial charge < -0.3 is 9.15 Å². The molecule has 31 heavy (non-hydrogen) atoms. The Morgan fingerprint density at radius 2 is 1.94 bits per heavy atom. The molecule has 3 rings (SSSR count). The Morgan fingerprint density at radius 3 is 2.55 bits per heavy atom. The van der Waals surface area contributed by atoms with Crippen molar-refractivity contribution < 1.29 is 9.15 Å². The maximum atomic E-state index is 5.90. The summed E-state index contributed by atoms with van der Waals surface area (Å²) in [7, 11) is 3.95. The van der Waals surface area contributed by atoms with E-state index in [0.29, 0.717) is 36.5 Å². The van der Waals surface area contributed by atoms with E-state index in [1.807, 2.05) is 75.5 Å². The normalized spacial score (nSPS) is 12.9. The second-order valence-electron chi connectivity index (χ2n) is 7.44. The molecule has 0 unspecified atom stereocenters. The molecule has 0 N–H and O–H groups in total. The number of ether oxygens (including phenoxy) is 1. The number of aliphatic imine (C=N–C) groups is 2. The second-order valence-corrected chi connectivity index (χ2v) is 8.36. The number of hydrogen-bond acceptors (Lipinski definition) is 8. The molecule has 7 nitrogen and oxygen atoms in total. The Morgan fingerprint density at radius 1 is 1.19 bits per heavy atom. The molecule has 0 saturated carbocycles. The zero-order valence-corrected chi connectivity index (χ0v) is 19.4. The molecule has 0 radical (unpaired) electrons. The fourth-order valence-electron chi connectivity index (χ4n) is 2.74. The molecule has 0 saturated heterocycles. The smallest absolute Gasteiger partial charge is 0.268 e. The first-order valence-electron chi connectivity index (χ1n) is 9.81. The van der Waals surface area contributed by atoms with Gasteiger partial charge in [-0.3, -0.25) is 9.89 Å². The molecule has 0 atom stereocenters. The highest BCUT2D eigenvalue weighted by Crippen LogP contribution is 2.29. The summed E-state index contributed by atoms with van der Waals surface area (Å²) in [6.07, 6.45) is 0. The average Bonchev–Trinajstić information content (AvgIpc) is 3.40. The predicted molar refractivity (Wildman–Crippen MR) is 126 cm³/mol. The maximum Gasteiger partial charge on any atom is 0.268 e. The van der Waals surface area contributed by atoms with Gasteiger partial charge in [0.15, 0.2) is 0 Å². The van der Waals surface area contributed by atoms with E-state index >= 15 is 0 Å². The quantitative estimate of drug-likeness (QED) is 0.346. The lowest BCUT2D eigenvalue weighted by molar-refractivity contribution is 0.0451. The van der Waals surface area contributed by atoms with Crippen LogP contribution in [0.15, 0.2) is 55.8 Å². The number of benzene rings is 1. The Bertz CT molecular complexity index is 1090. The van der Waals surface area contributed by atoms with Gasteiger partial charge in [-0.05, 0) is 69.7 Å². The molecule has 3 aromatic rings. The van der Waals surface area contributed by atoms with Crippen LogP contribution in [0.1, 0.15) is 36.4 Å². The van der Waals surface area contributed by atoms with Crippen molar-refractivity contribution in [1.29, 1.82) is 0 Å². The molecule has 0 bridgehead atoms. The monoisotopic (exact) mass is 437 g/mol. The number of allylic oxidation sites excluding steroid dienone is 1. The molecule has 2 heterocycles. The number of aromatic nitrogens is 2. The van der Waals surface area contributed by atoms with Gasteiger partial charge in [-0.25, -0.2) is 4.99 Å². The van der Waals surface area contributed by atoms with E-state index in [0.717, 1.165) is 27.3 Å². The molecule has 0 aliphatic rings. The van der Waals surface area contributed by atoms with Crippen LogP contribution in [0.3, 0.4) is 0 Å². The highest BCUT2D eigenvalue weighted by atomic mass is 32.1. The van der Waals surface area contributed by atoms with Gasteiger partial charge in [0.2, 0.25) is 0 Å². The predicted octanol–water partition coefficient (Wildman–Crippen LogP) is 5.04. The van der Waals surface area contributed by atoms with Crippen LogP contribution in [0.5, 0.6) is 0 Å². The molecule has 0 fully saturated rings. The van der Waals surface area contributed by atoms with Crippen LogP contribution in [0.25, 0.3) is 16.5 Å². The first-order chi connectivity index (χ1) is 14.9. The molecule has 0 aliphatic carbocycles. The summed E-state index contributed by atoms with van der Waals surface area (Å²) in [5, 5.41) is 10.4. The summed E-state index contributed by atoms with van der Waals surface area (Å²) in [6, 6.07) is 10.1. The van der Waals surface area contributed by atoms with E-state index in [1.165, 1.54) is 0 Å². The third kappa shape index (κ3) is 6.04. The number of rotatable bonds is 9. The largest absolute Gasteiger partial charge is 0.414 e. The first kappa shape index (κ1) is 22.7. The minimum atomic E-state index is 0.319. The van der Waals surface area contributed by atoms with Crippen molar-refractivity contribution in [1.82, 2.24) is 15.1 Å². The van der Waals surface area contributed by atoms with Crippen molar-refractivity contribution in [3.8, 4) is 10.8 Å². The van der Waals surface area contributed by atoms with E-state index in [1.54, 1.807) is 11.3 Å². The molecular formula is C23H27N5O2S. The lowest BCUT2D eigenvalue weighted by Crippen LogP contribution is -2.15. The number of nitrogens with zero attached hydrogens (tertiary/aromatic N) is 5. The van der Waals surface area contributed by atoms with Crippen molar-refractivity contribution in [3.05, 3.63) is 64.0 Å². The van der Waals surface area contributed by atoms with Crippen LogP contribution < -0.4 is 0 Å². The van der Waals surface area contributed by atoms with Crippen molar-refractivity contribution >= 4 is 29.5 Å². The zero-order valence-electron chi connectivity index (χ0n) is 18.5. The van der Waals surface area contributed by atoms with E-state index in [-0.39, 0.29) is 0 Å². The molecule has 2 aromatic heterocycles. The van der Waals surface area contributed by atoms with Gasteiger partial charge in [0.1, 0.15) is 5.70 Å². The number of hydrogen-bond donors (Lipinski definition) is 0. The van der Waals surface area contributed by atoms with Crippen molar-refractivity contribution in [2.24, 2.45) is 9.98 Å². The van der Waals surface area contributed by atoms with Crippen LogP contribution in [-0.2, 0) is 11.3 Å². The Hall–Kier alpha value is -2.94. The van der Waals surface area contributed by atoms with E-state index in [9.17, 15) is 0 Å².